The third-order valence-electron chi connectivity index (χ3n) is 5.09. The van der Waals surface area contributed by atoms with Crippen LogP contribution in [0.25, 0.3) is 10.4 Å². The van der Waals surface area contributed by atoms with Crippen LogP contribution < -0.4 is 45.9 Å². The predicted molar refractivity (Wildman–Crippen MR) is 95.2 cm³/mol. The minimum Gasteiger partial charge on any atom is -0.547 e. The third kappa shape index (κ3) is 5.40. The van der Waals surface area contributed by atoms with E-state index in [4.69, 9.17) is 19.7 Å². The first-order valence-corrected chi connectivity index (χ1v) is 9.18. The number of hydrogen-bond donors (Lipinski definition) is 4. The van der Waals surface area contributed by atoms with Crippen molar-refractivity contribution in [3.63, 3.8) is 0 Å². The summed E-state index contributed by atoms with van der Waals surface area (Å²) in [4.78, 5) is 39.6. The average molecular weight is 465 g/mol. The zero-order chi connectivity index (χ0) is 22.9. The molecular formula is C16H20N5NaO10. The Balaban J connectivity index is 0.00000363. The van der Waals surface area contributed by atoms with Gasteiger partial charge >= 0.3 is 35.2 Å². The summed E-state index contributed by atoms with van der Waals surface area (Å²) in [6.45, 7) is 1.10. The number of carboxylic acid groups (broad SMARTS) is 1. The SMILES string of the molecule is Cc1cn([C@H]2C[C@H](N=[N+]=[N-])[C@@H](CO[C@@H]3O[C@H](C(=O)[O-])[C@@H](O)[C@H](O)[C@H]3O)O2)c(=O)[nH]c1=O.[Na+]. The number of aliphatic hydroxyl groups excluding tert-OH is 3. The number of aliphatic hydroxyl groups is 3. The van der Waals surface area contributed by atoms with E-state index in [2.05, 4.69) is 15.0 Å². The number of aromatic amines is 1. The molecule has 1 aromatic rings. The molecule has 0 unspecified atom stereocenters. The molecule has 2 aliphatic rings. The van der Waals surface area contributed by atoms with Gasteiger partial charge in [-0.25, -0.2) is 4.79 Å². The maximum absolute atomic E-state index is 12.1. The normalized spacial score (nSPS) is 34.4. The van der Waals surface area contributed by atoms with Crippen molar-refractivity contribution in [1.29, 1.82) is 0 Å². The van der Waals surface area contributed by atoms with Gasteiger partial charge in [0.2, 0.25) is 0 Å². The van der Waals surface area contributed by atoms with E-state index in [0.29, 0.717) is 0 Å². The van der Waals surface area contributed by atoms with Gasteiger partial charge in [-0.15, -0.1) is 0 Å². The summed E-state index contributed by atoms with van der Waals surface area (Å²) in [5.74, 6) is -1.82. The molecule has 0 saturated carbocycles. The number of azide groups is 1. The van der Waals surface area contributed by atoms with Gasteiger partial charge in [0.15, 0.2) is 6.29 Å². The number of carbonyl (C=O) groups is 1. The summed E-state index contributed by atoms with van der Waals surface area (Å²) < 4.78 is 17.1. The van der Waals surface area contributed by atoms with E-state index in [-0.39, 0.29) is 48.1 Å². The maximum Gasteiger partial charge on any atom is 1.00 e. The Kier molecular flexibility index (Phi) is 9.01. The van der Waals surface area contributed by atoms with Gasteiger partial charge in [0, 0.05) is 23.1 Å². The molecule has 15 nitrogen and oxygen atoms in total. The van der Waals surface area contributed by atoms with Gasteiger partial charge in [0.05, 0.1) is 24.7 Å². The van der Waals surface area contributed by atoms with E-state index in [9.17, 15) is 34.8 Å². The second kappa shape index (κ2) is 10.9. The number of carboxylic acids is 1. The van der Waals surface area contributed by atoms with Crippen LogP contribution in [0.15, 0.2) is 20.9 Å². The van der Waals surface area contributed by atoms with E-state index in [1.165, 1.54) is 13.1 Å². The first kappa shape index (κ1) is 26.5. The van der Waals surface area contributed by atoms with Gasteiger partial charge in [0.1, 0.15) is 30.6 Å². The van der Waals surface area contributed by atoms with Gasteiger partial charge in [-0.2, -0.15) is 0 Å². The molecule has 3 heterocycles. The summed E-state index contributed by atoms with van der Waals surface area (Å²) in [6, 6.07) is -0.817. The number of nitrogens with one attached hydrogen (secondary N) is 1. The minimum atomic E-state index is -1.95. The molecule has 170 valence electrons. The number of aliphatic carboxylic acids is 1. The first-order chi connectivity index (χ1) is 14.6. The zero-order valence-corrected chi connectivity index (χ0v) is 19.1. The van der Waals surface area contributed by atoms with Crippen molar-refractivity contribution in [3.8, 4) is 0 Å². The van der Waals surface area contributed by atoms with Crippen LogP contribution in [0.3, 0.4) is 0 Å². The van der Waals surface area contributed by atoms with Crippen molar-refractivity contribution in [3.05, 3.63) is 43.0 Å². The Morgan fingerprint density at radius 2 is 2.03 bits per heavy atom. The van der Waals surface area contributed by atoms with Crippen molar-refractivity contribution >= 4 is 5.97 Å². The summed E-state index contributed by atoms with van der Waals surface area (Å²) in [7, 11) is 0. The molecule has 32 heavy (non-hydrogen) atoms. The Morgan fingerprint density at radius 3 is 2.66 bits per heavy atom. The Morgan fingerprint density at radius 1 is 1.34 bits per heavy atom. The van der Waals surface area contributed by atoms with E-state index < -0.39 is 66.3 Å². The van der Waals surface area contributed by atoms with Crippen LogP contribution in [-0.4, -0.2) is 80.3 Å². The average Bonchev–Trinajstić information content (AvgIpc) is 3.11. The smallest absolute Gasteiger partial charge is 0.547 e. The summed E-state index contributed by atoms with van der Waals surface area (Å²) in [6.07, 6.45) is -9.71. The minimum absolute atomic E-state index is 0. The summed E-state index contributed by atoms with van der Waals surface area (Å²) in [5.41, 5.74) is 7.76. The van der Waals surface area contributed by atoms with Crippen LogP contribution in [0.4, 0.5) is 0 Å². The molecule has 1 aromatic heterocycles. The fraction of sp³-hybridized carbons (Fsp3) is 0.688. The second-order valence-corrected chi connectivity index (χ2v) is 7.17. The molecule has 4 N–H and O–H groups in total. The van der Waals surface area contributed by atoms with Crippen LogP contribution in [0, 0.1) is 6.92 Å². The summed E-state index contributed by atoms with van der Waals surface area (Å²) >= 11 is 0. The number of aromatic nitrogens is 2. The maximum atomic E-state index is 12.1. The van der Waals surface area contributed by atoms with Crippen molar-refractivity contribution in [1.82, 2.24) is 9.55 Å². The van der Waals surface area contributed by atoms with E-state index in [1.54, 1.807) is 0 Å². The largest absolute Gasteiger partial charge is 1.00 e. The van der Waals surface area contributed by atoms with Gasteiger partial charge in [-0.3, -0.25) is 14.3 Å². The van der Waals surface area contributed by atoms with Crippen LogP contribution in [0.5, 0.6) is 0 Å². The van der Waals surface area contributed by atoms with Gasteiger partial charge in [-0.1, -0.05) is 5.11 Å². The molecule has 0 bridgehead atoms. The fourth-order valence-electron chi connectivity index (χ4n) is 3.39. The fourth-order valence-corrected chi connectivity index (χ4v) is 3.39. The topological polar surface area (TPSA) is 232 Å². The molecule has 0 spiro atoms. The number of hydrogen-bond acceptors (Lipinski definition) is 11. The van der Waals surface area contributed by atoms with Crippen molar-refractivity contribution in [2.24, 2.45) is 5.11 Å². The third-order valence-corrected chi connectivity index (χ3v) is 5.09. The second-order valence-electron chi connectivity index (χ2n) is 7.17. The standard InChI is InChI=1S/C16H21N5O10.Na/c1-5-3-21(16(28)18-13(5)25)8-2-6(19-20-17)7(30-8)4-29-15-11(24)9(22)10(23)12(31-15)14(26)27;/h3,6-12,15,22-24H,2,4H2,1H3,(H,26,27)(H,18,25,28);/q;+1/p-1/t6-,7+,8+,9-,10-,11+,12-,15+;/m0./s1. The number of ether oxygens (including phenoxy) is 3. The van der Waals surface area contributed by atoms with Crippen molar-refractivity contribution in [2.75, 3.05) is 6.61 Å². The number of H-pyrrole nitrogens is 1. The van der Waals surface area contributed by atoms with Gasteiger partial charge in [-0.05, 0) is 12.5 Å². The van der Waals surface area contributed by atoms with Gasteiger partial charge < -0.3 is 39.4 Å². The summed E-state index contributed by atoms with van der Waals surface area (Å²) in [5, 5.41) is 44.1. The van der Waals surface area contributed by atoms with Gasteiger partial charge in [0.25, 0.3) is 5.56 Å². The van der Waals surface area contributed by atoms with E-state index in [0.717, 1.165) is 4.57 Å². The molecule has 2 fully saturated rings. The van der Waals surface area contributed by atoms with Crippen LogP contribution >= 0.6 is 0 Å². The van der Waals surface area contributed by atoms with Crippen molar-refractivity contribution < 1.29 is 69.0 Å². The molecule has 0 aromatic carbocycles. The molecule has 2 aliphatic heterocycles. The molecule has 0 amide bonds. The number of carbonyl (C=O) groups excluding carboxylic acids is 1. The quantitative estimate of drug-likeness (QED) is 0.134. The Hall–Kier alpha value is -1.78. The van der Waals surface area contributed by atoms with Crippen LogP contribution in [0.2, 0.25) is 0 Å². The molecule has 0 radical (unpaired) electrons. The predicted octanol–water partition coefficient (Wildman–Crippen LogP) is -6.61. The van der Waals surface area contributed by atoms with Crippen LogP contribution in [0.1, 0.15) is 18.2 Å². The van der Waals surface area contributed by atoms with E-state index in [1.807, 2.05) is 0 Å². The number of rotatable bonds is 6. The molecule has 8 atom stereocenters. The molecule has 3 rings (SSSR count). The molecule has 2 saturated heterocycles. The zero-order valence-electron chi connectivity index (χ0n) is 17.1. The monoisotopic (exact) mass is 465 g/mol. The molecule has 0 aliphatic carbocycles. The van der Waals surface area contributed by atoms with E-state index >= 15 is 0 Å². The van der Waals surface area contributed by atoms with Crippen molar-refractivity contribution in [2.45, 2.75) is 62.4 Å². The van der Waals surface area contributed by atoms with Crippen LogP contribution in [-0.2, 0) is 19.0 Å². The molecule has 16 heteroatoms. The number of nitrogens with zero attached hydrogens (tertiary/aromatic N) is 4. The first-order valence-electron chi connectivity index (χ1n) is 9.18. The Bertz CT molecular complexity index is 994. The Labute approximate surface area is 201 Å². The number of aryl methyl sites for hydroxylation is 1. The molecular weight excluding hydrogens is 445 g/mol.